The monoisotopic (exact) mass is 750 g/mol. The van der Waals surface area contributed by atoms with E-state index in [1.165, 1.54) is 4.90 Å². The summed E-state index contributed by atoms with van der Waals surface area (Å²) < 4.78 is 0. The standard InChI is InChI=1S/C44H46N8O4/c1-28(51(4)42(53)38(49-44(55)56)33-12-7-5-8-13-33)40-45-26-35(47-40)31-21-17-29(18-22-31)30-19-23-32(24-20-30)36-27-46-41(48-36)37-16-11-25-52(37)43(54)39(50(2)3)34-14-9-6-10-15-34/h5-10,12-15,17-24,26-28,37-39,49H,11,16,25H2,1-4H3,(H,45,47)(H,46,48)(H,55,56)/t28-,37-,38+,39+/m0/s1. The van der Waals surface area contributed by atoms with Gasteiger partial charge in [-0.3, -0.25) is 14.5 Å². The molecule has 0 saturated carbocycles. The molecule has 4 N–H and O–H groups in total. The highest BCUT2D eigenvalue weighted by molar-refractivity contribution is 5.87. The molecule has 1 aliphatic rings. The smallest absolute Gasteiger partial charge is 0.405 e. The summed E-state index contributed by atoms with van der Waals surface area (Å²) in [6, 6.07) is 33.2. The zero-order chi connectivity index (χ0) is 39.3. The number of H-pyrrole nitrogens is 2. The van der Waals surface area contributed by atoms with E-state index in [1.807, 2.05) is 85.5 Å². The highest BCUT2D eigenvalue weighted by Crippen LogP contribution is 2.35. The SMILES string of the molecule is C[C@@H](c1ncc(-c2ccc(-c3ccc(-c4cnc([C@@H]5CCCN5C(=O)[C@@H](c5ccccc5)N(C)C)[nH]4)cc3)cc2)[nH]1)N(C)C(=O)[C@H](NC(=O)O)c1ccccc1. The second-order valence-electron chi connectivity index (χ2n) is 14.4. The van der Waals surface area contributed by atoms with E-state index in [0.717, 1.165) is 57.9 Å². The Morgan fingerprint density at radius 1 is 0.750 bits per heavy atom. The first-order valence-corrected chi connectivity index (χ1v) is 18.7. The molecule has 2 aromatic heterocycles. The highest BCUT2D eigenvalue weighted by Gasteiger charge is 2.37. The number of nitrogens with one attached hydrogen (secondary N) is 3. The van der Waals surface area contributed by atoms with Crippen LogP contribution < -0.4 is 5.32 Å². The number of imidazole rings is 2. The lowest BCUT2D eigenvalue weighted by Gasteiger charge is -2.31. The Kier molecular flexibility index (Phi) is 11.1. The third-order valence-electron chi connectivity index (χ3n) is 10.6. The molecule has 286 valence electrons. The van der Waals surface area contributed by atoms with Gasteiger partial charge in [-0.15, -0.1) is 0 Å². The first kappa shape index (κ1) is 37.8. The van der Waals surface area contributed by atoms with E-state index in [9.17, 15) is 19.5 Å². The first-order valence-electron chi connectivity index (χ1n) is 18.7. The van der Waals surface area contributed by atoms with Crippen molar-refractivity contribution in [3.05, 3.63) is 144 Å². The predicted octanol–water partition coefficient (Wildman–Crippen LogP) is 7.63. The maximum atomic E-state index is 13.9. The van der Waals surface area contributed by atoms with Crippen LogP contribution in [0.2, 0.25) is 0 Å². The van der Waals surface area contributed by atoms with Gasteiger partial charge < -0.3 is 30.2 Å². The number of hydrogen-bond donors (Lipinski definition) is 4. The van der Waals surface area contributed by atoms with E-state index < -0.39 is 24.1 Å². The van der Waals surface area contributed by atoms with E-state index in [1.54, 1.807) is 37.5 Å². The average molecular weight is 751 g/mol. The van der Waals surface area contributed by atoms with Crippen LogP contribution in [0.3, 0.4) is 0 Å². The van der Waals surface area contributed by atoms with E-state index in [4.69, 9.17) is 4.98 Å². The van der Waals surface area contributed by atoms with Crippen molar-refractivity contribution in [3.8, 4) is 33.6 Å². The Hall–Kier alpha value is -6.53. The number of aromatic nitrogens is 4. The third kappa shape index (κ3) is 7.96. The summed E-state index contributed by atoms with van der Waals surface area (Å²) in [6.07, 6.45) is 4.10. The summed E-state index contributed by atoms with van der Waals surface area (Å²) in [5.41, 5.74) is 7.29. The number of hydrogen-bond acceptors (Lipinski definition) is 6. The van der Waals surface area contributed by atoms with Gasteiger partial charge in [-0.25, -0.2) is 14.8 Å². The molecule has 56 heavy (non-hydrogen) atoms. The number of amides is 3. The molecule has 0 unspecified atom stereocenters. The van der Waals surface area contributed by atoms with Crippen LogP contribution in [0.25, 0.3) is 33.6 Å². The third-order valence-corrected chi connectivity index (χ3v) is 10.6. The van der Waals surface area contributed by atoms with Gasteiger partial charge in [0.25, 0.3) is 0 Å². The molecule has 6 aromatic rings. The van der Waals surface area contributed by atoms with Crippen molar-refractivity contribution in [1.82, 2.24) is 40.0 Å². The van der Waals surface area contributed by atoms with Gasteiger partial charge in [0.1, 0.15) is 23.7 Å². The first-order chi connectivity index (χ1) is 27.1. The van der Waals surface area contributed by atoms with E-state index in [-0.39, 0.29) is 18.0 Å². The summed E-state index contributed by atoms with van der Waals surface area (Å²) >= 11 is 0. The van der Waals surface area contributed by atoms with Crippen LogP contribution in [0, 0.1) is 0 Å². The molecule has 12 nitrogen and oxygen atoms in total. The summed E-state index contributed by atoms with van der Waals surface area (Å²) in [5.74, 6) is 1.08. The van der Waals surface area contributed by atoms with Crippen LogP contribution in [0.5, 0.6) is 0 Å². The normalized spacial score (nSPS) is 15.7. The molecular formula is C44H46N8O4. The minimum atomic E-state index is -1.28. The molecule has 0 spiro atoms. The molecule has 4 aromatic carbocycles. The largest absolute Gasteiger partial charge is 0.465 e. The maximum absolute atomic E-state index is 13.9. The minimum absolute atomic E-state index is 0.0867. The van der Waals surface area contributed by atoms with Gasteiger partial charge in [0, 0.05) is 13.6 Å². The number of carbonyl (C=O) groups is 3. The van der Waals surface area contributed by atoms with Crippen LogP contribution >= 0.6 is 0 Å². The number of nitrogens with zero attached hydrogens (tertiary/aromatic N) is 5. The number of carboxylic acid groups (broad SMARTS) is 1. The molecule has 3 heterocycles. The summed E-state index contributed by atoms with van der Waals surface area (Å²) in [5, 5.41) is 11.8. The average Bonchev–Trinajstić information content (AvgIpc) is 4.02. The second kappa shape index (κ2) is 16.5. The molecule has 1 aliphatic heterocycles. The Labute approximate surface area is 326 Å². The van der Waals surface area contributed by atoms with Crippen molar-refractivity contribution >= 4 is 17.9 Å². The van der Waals surface area contributed by atoms with Crippen LogP contribution in [-0.4, -0.2) is 85.3 Å². The van der Waals surface area contributed by atoms with Gasteiger partial charge >= 0.3 is 6.09 Å². The Morgan fingerprint density at radius 2 is 1.29 bits per heavy atom. The van der Waals surface area contributed by atoms with Gasteiger partial charge in [0.05, 0.1) is 35.9 Å². The lowest BCUT2D eigenvalue weighted by molar-refractivity contribution is -0.137. The van der Waals surface area contributed by atoms with Crippen LogP contribution in [0.15, 0.2) is 122 Å². The highest BCUT2D eigenvalue weighted by atomic mass is 16.4. The predicted molar refractivity (Wildman–Crippen MR) is 215 cm³/mol. The zero-order valence-electron chi connectivity index (χ0n) is 31.9. The van der Waals surface area contributed by atoms with Crippen LogP contribution in [-0.2, 0) is 9.59 Å². The number of benzene rings is 4. The summed E-state index contributed by atoms with van der Waals surface area (Å²) in [7, 11) is 5.53. The molecule has 3 amide bonds. The van der Waals surface area contributed by atoms with Crippen molar-refractivity contribution in [2.45, 2.75) is 43.9 Å². The summed E-state index contributed by atoms with van der Waals surface area (Å²) in [6.45, 7) is 2.55. The van der Waals surface area contributed by atoms with Gasteiger partial charge in [-0.2, -0.15) is 0 Å². The van der Waals surface area contributed by atoms with Crippen LogP contribution in [0.4, 0.5) is 4.79 Å². The minimum Gasteiger partial charge on any atom is -0.465 e. The van der Waals surface area contributed by atoms with E-state index in [2.05, 4.69) is 56.7 Å². The van der Waals surface area contributed by atoms with E-state index >= 15 is 0 Å². The fraction of sp³-hybridized carbons (Fsp3) is 0.250. The fourth-order valence-electron chi connectivity index (χ4n) is 7.44. The van der Waals surface area contributed by atoms with Gasteiger partial charge in [-0.05, 0) is 67.2 Å². The molecule has 1 fully saturated rings. The zero-order valence-corrected chi connectivity index (χ0v) is 31.9. The van der Waals surface area contributed by atoms with Crippen LogP contribution in [0.1, 0.15) is 66.7 Å². The number of rotatable bonds is 12. The molecule has 12 heteroatoms. The van der Waals surface area contributed by atoms with Gasteiger partial charge in [-0.1, -0.05) is 109 Å². The molecule has 0 bridgehead atoms. The Morgan fingerprint density at radius 3 is 1.86 bits per heavy atom. The topological polar surface area (TPSA) is 151 Å². The van der Waals surface area contributed by atoms with Crippen molar-refractivity contribution in [2.75, 3.05) is 27.7 Å². The fourth-order valence-corrected chi connectivity index (χ4v) is 7.44. The molecule has 1 saturated heterocycles. The Bertz CT molecular complexity index is 2270. The lowest BCUT2D eigenvalue weighted by atomic mass is 10.0. The second-order valence-corrected chi connectivity index (χ2v) is 14.4. The van der Waals surface area contributed by atoms with Crippen molar-refractivity contribution < 1.29 is 19.5 Å². The summed E-state index contributed by atoms with van der Waals surface area (Å²) in [4.78, 5) is 60.5. The van der Waals surface area contributed by atoms with Crippen molar-refractivity contribution in [1.29, 1.82) is 0 Å². The number of carbonyl (C=O) groups excluding carboxylic acids is 2. The number of likely N-dealkylation sites (tertiary alicyclic amines) is 1. The lowest BCUT2D eigenvalue weighted by Crippen LogP contribution is -2.42. The molecule has 0 radical (unpaired) electrons. The molecule has 0 aliphatic carbocycles. The molecule has 4 atom stereocenters. The van der Waals surface area contributed by atoms with E-state index in [0.29, 0.717) is 17.9 Å². The van der Waals surface area contributed by atoms with Crippen molar-refractivity contribution in [3.63, 3.8) is 0 Å². The Balaban J connectivity index is 1.00. The number of likely N-dealkylation sites (N-methyl/N-ethyl adjacent to an activating group) is 2. The van der Waals surface area contributed by atoms with Gasteiger partial charge in [0.15, 0.2) is 0 Å². The quantitative estimate of drug-likeness (QED) is 0.100. The number of aromatic amines is 2. The van der Waals surface area contributed by atoms with Crippen molar-refractivity contribution in [2.24, 2.45) is 0 Å². The molecule has 7 rings (SSSR count). The molecular weight excluding hydrogens is 705 g/mol. The maximum Gasteiger partial charge on any atom is 0.405 e. The van der Waals surface area contributed by atoms with Gasteiger partial charge in [0.2, 0.25) is 11.8 Å².